The molecule has 0 saturated heterocycles. The molecule has 0 amide bonds. The molecule has 4 nitrogen and oxygen atoms in total. The number of phenolic OH excluding ortho intramolecular Hbond substituents is 2. The maximum Gasteiger partial charge on any atom is 0.169 e. The molecule has 0 fully saturated rings. The van der Waals surface area contributed by atoms with Crippen LogP contribution in [0.5, 0.6) is 11.5 Å². The van der Waals surface area contributed by atoms with Crippen molar-refractivity contribution in [1.29, 1.82) is 0 Å². The van der Waals surface area contributed by atoms with Crippen LogP contribution in [0.1, 0.15) is 28.7 Å². The predicted octanol–water partition coefficient (Wildman–Crippen LogP) is 3.23. The fourth-order valence-corrected chi connectivity index (χ4v) is 3.19. The summed E-state index contributed by atoms with van der Waals surface area (Å²) in [7, 11) is 0. The highest BCUT2D eigenvalue weighted by Crippen LogP contribution is 2.31. The van der Waals surface area contributed by atoms with Gasteiger partial charge in [-0.25, -0.2) is 0 Å². The Labute approximate surface area is 147 Å². The second kappa shape index (κ2) is 7.09. The number of nitrogens with zero attached hydrogens (tertiary/aromatic N) is 1. The summed E-state index contributed by atoms with van der Waals surface area (Å²) in [6.45, 7) is 4.27. The molecule has 3 N–H and O–H groups in total. The van der Waals surface area contributed by atoms with Gasteiger partial charge >= 0.3 is 0 Å². The largest absolute Gasteiger partial charge is 0.504 e. The van der Waals surface area contributed by atoms with E-state index < -0.39 is 0 Å². The summed E-state index contributed by atoms with van der Waals surface area (Å²) in [5.41, 5.74) is 4.53. The van der Waals surface area contributed by atoms with E-state index in [4.69, 9.17) is 12.2 Å². The average molecular weight is 342 g/mol. The molecule has 5 heteroatoms. The van der Waals surface area contributed by atoms with Gasteiger partial charge in [-0.2, -0.15) is 0 Å². The van der Waals surface area contributed by atoms with Crippen molar-refractivity contribution in [2.24, 2.45) is 0 Å². The van der Waals surface area contributed by atoms with Crippen LogP contribution in [0.3, 0.4) is 0 Å². The van der Waals surface area contributed by atoms with Crippen LogP contribution >= 0.6 is 12.2 Å². The lowest BCUT2D eigenvalue weighted by Crippen LogP contribution is -2.39. The summed E-state index contributed by atoms with van der Waals surface area (Å²) < 4.78 is 0. The molecule has 0 atom stereocenters. The van der Waals surface area contributed by atoms with Gasteiger partial charge in [0, 0.05) is 19.6 Å². The zero-order valence-corrected chi connectivity index (χ0v) is 14.6. The molecule has 2 aromatic rings. The molecule has 0 bridgehead atoms. The number of nitrogens with one attached hydrogen (secondary N) is 1. The number of thiocarbonyl (C=S) groups is 1. The Morgan fingerprint density at radius 1 is 1.12 bits per heavy atom. The molecule has 0 aliphatic carbocycles. The lowest BCUT2D eigenvalue weighted by atomic mass is 10.0. The number of rotatable bonds is 2. The van der Waals surface area contributed by atoms with Crippen LogP contribution in [0.25, 0.3) is 0 Å². The van der Waals surface area contributed by atoms with Gasteiger partial charge in [-0.15, -0.1) is 0 Å². The van der Waals surface area contributed by atoms with Gasteiger partial charge in [-0.05, 0) is 60.8 Å². The second-order valence-corrected chi connectivity index (χ2v) is 6.67. The number of aryl methyl sites for hydroxylation is 2. The van der Waals surface area contributed by atoms with E-state index in [0.29, 0.717) is 13.1 Å². The molecular weight excluding hydrogens is 320 g/mol. The second-order valence-electron chi connectivity index (χ2n) is 6.28. The molecule has 0 aromatic heterocycles. The van der Waals surface area contributed by atoms with Crippen molar-refractivity contribution in [2.45, 2.75) is 32.9 Å². The van der Waals surface area contributed by atoms with E-state index in [1.54, 1.807) is 12.1 Å². The van der Waals surface area contributed by atoms with Gasteiger partial charge in [0.1, 0.15) is 0 Å². The van der Waals surface area contributed by atoms with Crippen molar-refractivity contribution in [1.82, 2.24) is 10.2 Å². The number of hydrogen-bond acceptors (Lipinski definition) is 3. The molecule has 1 heterocycles. The first-order valence-electron chi connectivity index (χ1n) is 8.15. The lowest BCUT2D eigenvalue weighted by Gasteiger charge is -2.24. The van der Waals surface area contributed by atoms with Crippen molar-refractivity contribution in [3.8, 4) is 11.5 Å². The zero-order chi connectivity index (χ0) is 17.1. The zero-order valence-electron chi connectivity index (χ0n) is 13.7. The molecule has 24 heavy (non-hydrogen) atoms. The van der Waals surface area contributed by atoms with Crippen LogP contribution in [-0.2, 0) is 19.5 Å². The minimum Gasteiger partial charge on any atom is -0.504 e. The SMILES string of the molecule is Cc1ccc(CNC(=S)N2CCCc3cc(O)c(O)cc3C2)cc1. The van der Waals surface area contributed by atoms with Gasteiger partial charge in [-0.1, -0.05) is 29.8 Å². The number of phenols is 2. The highest BCUT2D eigenvalue weighted by Gasteiger charge is 2.18. The Bertz CT molecular complexity index is 744. The highest BCUT2D eigenvalue weighted by molar-refractivity contribution is 7.80. The fraction of sp³-hybridized carbons (Fsp3) is 0.316. The fourth-order valence-electron chi connectivity index (χ4n) is 2.96. The summed E-state index contributed by atoms with van der Waals surface area (Å²) in [6.07, 6.45) is 1.84. The van der Waals surface area contributed by atoms with Gasteiger partial charge in [0.25, 0.3) is 0 Å². The van der Waals surface area contributed by atoms with E-state index >= 15 is 0 Å². The minimum atomic E-state index is -0.0749. The third-order valence-corrected chi connectivity index (χ3v) is 4.79. The molecule has 1 aliphatic rings. The van der Waals surface area contributed by atoms with Crippen molar-refractivity contribution in [3.63, 3.8) is 0 Å². The van der Waals surface area contributed by atoms with Crippen LogP contribution in [-0.4, -0.2) is 26.8 Å². The standard InChI is InChI=1S/C19H22N2O2S/c1-13-4-6-14(7-5-13)11-20-19(24)21-8-2-3-15-9-17(22)18(23)10-16(15)12-21/h4-7,9-10,22-23H,2-3,8,11-12H2,1H3,(H,20,24). The molecule has 1 aliphatic heterocycles. The topological polar surface area (TPSA) is 55.7 Å². The van der Waals surface area contributed by atoms with E-state index in [2.05, 4.69) is 41.4 Å². The average Bonchev–Trinajstić information content (AvgIpc) is 2.77. The van der Waals surface area contributed by atoms with Crippen molar-refractivity contribution in [3.05, 3.63) is 58.7 Å². The molecule has 3 rings (SSSR count). The highest BCUT2D eigenvalue weighted by atomic mass is 32.1. The Morgan fingerprint density at radius 2 is 1.79 bits per heavy atom. The van der Waals surface area contributed by atoms with Crippen LogP contribution in [0.15, 0.2) is 36.4 Å². The smallest absolute Gasteiger partial charge is 0.169 e. The first-order valence-corrected chi connectivity index (χ1v) is 8.56. The third kappa shape index (κ3) is 3.79. The minimum absolute atomic E-state index is 0.0535. The summed E-state index contributed by atoms with van der Waals surface area (Å²) >= 11 is 5.55. The van der Waals surface area contributed by atoms with Crippen molar-refractivity contribution < 1.29 is 10.2 Å². The number of hydrogen-bond donors (Lipinski definition) is 3. The summed E-state index contributed by atoms with van der Waals surface area (Å²) in [5.74, 6) is -0.128. The maximum atomic E-state index is 9.75. The maximum absolute atomic E-state index is 9.75. The first-order chi connectivity index (χ1) is 11.5. The van der Waals surface area contributed by atoms with Crippen LogP contribution in [0, 0.1) is 6.92 Å². The van der Waals surface area contributed by atoms with Crippen LogP contribution in [0.2, 0.25) is 0 Å². The van der Waals surface area contributed by atoms with Gasteiger partial charge in [0.05, 0.1) is 0 Å². The summed E-state index contributed by atoms with van der Waals surface area (Å²) in [6, 6.07) is 11.7. The molecule has 0 saturated carbocycles. The monoisotopic (exact) mass is 342 g/mol. The van der Waals surface area contributed by atoms with Gasteiger partial charge in [0.2, 0.25) is 0 Å². The molecule has 126 valence electrons. The van der Waals surface area contributed by atoms with Crippen molar-refractivity contribution >= 4 is 17.3 Å². The molecule has 2 aromatic carbocycles. The Balaban J connectivity index is 1.66. The van der Waals surface area contributed by atoms with Gasteiger partial charge in [-0.3, -0.25) is 0 Å². The van der Waals surface area contributed by atoms with Crippen molar-refractivity contribution in [2.75, 3.05) is 6.54 Å². The van der Waals surface area contributed by atoms with Crippen LogP contribution < -0.4 is 5.32 Å². The molecule has 0 unspecified atom stereocenters. The summed E-state index contributed by atoms with van der Waals surface area (Å²) in [4.78, 5) is 2.12. The number of benzene rings is 2. The quantitative estimate of drug-likeness (QED) is 0.578. The first kappa shape index (κ1) is 16.6. The number of fused-ring (bicyclic) bond motifs is 1. The van der Waals surface area contributed by atoms with E-state index in [9.17, 15) is 10.2 Å². The van der Waals surface area contributed by atoms with Gasteiger partial charge < -0.3 is 20.4 Å². The Hall–Kier alpha value is -2.27. The summed E-state index contributed by atoms with van der Waals surface area (Å²) in [5, 5.41) is 23.5. The van der Waals surface area contributed by atoms with E-state index in [1.165, 1.54) is 11.1 Å². The lowest BCUT2D eigenvalue weighted by molar-refractivity contribution is 0.397. The van der Waals surface area contributed by atoms with Gasteiger partial charge in [0.15, 0.2) is 16.6 Å². The Kier molecular flexibility index (Phi) is 4.90. The molecular formula is C19H22N2O2S. The Morgan fingerprint density at radius 3 is 2.50 bits per heavy atom. The van der Waals surface area contributed by atoms with Crippen LogP contribution in [0.4, 0.5) is 0 Å². The van der Waals surface area contributed by atoms with E-state index in [-0.39, 0.29) is 11.5 Å². The molecule has 0 spiro atoms. The predicted molar refractivity (Wildman–Crippen MR) is 99.1 cm³/mol. The normalized spacial score (nSPS) is 14.0. The van der Waals surface area contributed by atoms with E-state index in [0.717, 1.165) is 35.6 Å². The third-order valence-electron chi connectivity index (χ3n) is 4.38. The number of aromatic hydroxyl groups is 2. The molecule has 0 radical (unpaired) electrons. The van der Waals surface area contributed by atoms with E-state index in [1.807, 2.05) is 0 Å².